The number of nitrogens with one attached hydrogen (secondary N) is 1. The summed E-state index contributed by atoms with van der Waals surface area (Å²) in [4.78, 5) is 19.1. The van der Waals surface area contributed by atoms with Crippen molar-refractivity contribution in [3.05, 3.63) is 16.9 Å². The molecule has 0 bridgehead atoms. The predicted molar refractivity (Wildman–Crippen MR) is 61.2 cm³/mol. The van der Waals surface area contributed by atoms with Crippen LogP contribution in [0.2, 0.25) is 0 Å². The van der Waals surface area contributed by atoms with Gasteiger partial charge in [-0.1, -0.05) is 13.8 Å². The number of carbonyl (C=O) groups excluding carboxylic acids is 1. The summed E-state index contributed by atoms with van der Waals surface area (Å²) in [6, 6.07) is -0.453. The van der Waals surface area contributed by atoms with Crippen LogP contribution in [0.3, 0.4) is 0 Å². The first kappa shape index (κ1) is 11.9. The molecule has 0 spiro atoms. The molecule has 1 aromatic heterocycles. The van der Waals surface area contributed by atoms with Gasteiger partial charge in [-0.15, -0.1) is 0 Å². The van der Waals surface area contributed by atoms with E-state index in [1.54, 1.807) is 12.4 Å². The molecule has 0 saturated carbocycles. The average Bonchev–Trinajstić information content (AvgIpc) is 2.15. The van der Waals surface area contributed by atoms with Crippen molar-refractivity contribution in [2.24, 2.45) is 11.7 Å². The van der Waals surface area contributed by atoms with Crippen molar-refractivity contribution in [1.82, 2.24) is 9.97 Å². The third-order valence-electron chi connectivity index (χ3n) is 1.88. The highest BCUT2D eigenvalue weighted by Gasteiger charge is 2.19. The SMILES string of the molecule is CC(C)C(Nc1ncc(Br)cn1)C(N)=O. The van der Waals surface area contributed by atoms with E-state index in [0.29, 0.717) is 5.95 Å². The van der Waals surface area contributed by atoms with E-state index < -0.39 is 11.9 Å². The quantitative estimate of drug-likeness (QED) is 0.862. The summed E-state index contributed by atoms with van der Waals surface area (Å²) < 4.78 is 0.785. The average molecular weight is 273 g/mol. The number of carbonyl (C=O) groups is 1. The molecule has 0 aliphatic carbocycles. The molecule has 1 aromatic rings. The Morgan fingerprint density at radius 2 is 2.00 bits per heavy atom. The molecule has 82 valence electrons. The van der Waals surface area contributed by atoms with Crippen molar-refractivity contribution >= 4 is 27.8 Å². The fourth-order valence-corrected chi connectivity index (χ4v) is 1.30. The third-order valence-corrected chi connectivity index (χ3v) is 2.29. The van der Waals surface area contributed by atoms with Gasteiger partial charge in [0, 0.05) is 12.4 Å². The normalized spacial score (nSPS) is 12.5. The van der Waals surface area contributed by atoms with Gasteiger partial charge in [0.15, 0.2) is 0 Å². The number of hydrogen-bond donors (Lipinski definition) is 2. The molecule has 15 heavy (non-hydrogen) atoms. The zero-order valence-electron chi connectivity index (χ0n) is 8.57. The number of aromatic nitrogens is 2. The lowest BCUT2D eigenvalue weighted by Crippen LogP contribution is -2.40. The Morgan fingerprint density at radius 3 is 2.40 bits per heavy atom. The maximum atomic E-state index is 11.1. The number of hydrogen-bond acceptors (Lipinski definition) is 4. The highest BCUT2D eigenvalue weighted by atomic mass is 79.9. The molecule has 0 saturated heterocycles. The molecule has 3 N–H and O–H groups in total. The van der Waals surface area contributed by atoms with E-state index in [4.69, 9.17) is 5.73 Å². The van der Waals surface area contributed by atoms with E-state index in [9.17, 15) is 4.79 Å². The van der Waals surface area contributed by atoms with Gasteiger partial charge >= 0.3 is 0 Å². The number of amides is 1. The molecule has 1 unspecified atom stereocenters. The van der Waals surface area contributed by atoms with Crippen LogP contribution >= 0.6 is 15.9 Å². The summed E-state index contributed by atoms with van der Waals surface area (Å²) in [5.74, 6) is 0.0852. The Balaban J connectivity index is 2.74. The van der Waals surface area contributed by atoms with Crippen molar-refractivity contribution in [1.29, 1.82) is 0 Å². The Labute approximate surface area is 96.6 Å². The molecule has 6 heteroatoms. The maximum absolute atomic E-state index is 11.1. The Bertz CT molecular complexity index is 338. The Hall–Kier alpha value is -1.17. The largest absolute Gasteiger partial charge is 0.368 e. The summed E-state index contributed by atoms with van der Waals surface area (Å²) in [5, 5.41) is 2.89. The minimum absolute atomic E-state index is 0.0924. The zero-order valence-corrected chi connectivity index (χ0v) is 10.2. The van der Waals surface area contributed by atoms with Crippen LogP contribution in [-0.2, 0) is 4.79 Å². The lowest BCUT2D eigenvalue weighted by molar-refractivity contribution is -0.119. The number of nitrogens with two attached hydrogens (primary N) is 1. The van der Waals surface area contributed by atoms with Crippen molar-refractivity contribution in [2.45, 2.75) is 19.9 Å². The fourth-order valence-electron chi connectivity index (χ4n) is 1.09. The van der Waals surface area contributed by atoms with E-state index >= 15 is 0 Å². The van der Waals surface area contributed by atoms with Crippen LogP contribution in [0.15, 0.2) is 16.9 Å². The minimum Gasteiger partial charge on any atom is -0.368 e. The molecule has 1 atom stereocenters. The molecule has 1 rings (SSSR count). The second kappa shape index (κ2) is 5.06. The highest BCUT2D eigenvalue weighted by Crippen LogP contribution is 2.10. The molecule has 0 fully saturated rings. The number of primary amides is 1. The summed E-state index contributed by atoms with van der Waals surface area (Å²) >= 11 is 3.23. The minimum atomic E-state index is -0.453. The number of rotatable bonds is 4. The Morgan fingerprint density at radius 1 is 1.47 bits per heavy atom. The summed E-state index contributed by atoms with van der Waals surface area (Å²) in [5.41, 5.74) is 5.25. The molecule has 0 aliphatic rings. The molecular weight excluding hydrogens is 260 g/mol. The highest BCUT2D eigenvalue weighted by molar-refractivity contribution is 9.10. The first-order valence-corrected chi connectivity index (χ1v) is 5.33. The van der Waals surface area contributed by atoms with Crippen LogP contribution in [0.5, 0.6) is 0 Å². The fraction of sp³-hybridized carbons (Fsp3) is 0.444. The lowest BCUT2D eigenvalue weighted by Gasteiger charge is -2.18. The van der Waals surface area contributed by atoms with Crippen LogP contribution in [0.4, 0.5) is 5.95 Å². The monoisotopic (exact) mass is 272 g/mol. The van der Waals surface area contributed by atoms with Gasteiger partial charge in [-0.2, -0.15) is 0 Å². The third kappa shape index (κ3) is 3.47. The van der Waals surface area contributed by atoms with Crippen LogP contribution < -0.4 is 11.1 Å². The van der Waals surface area contributed by atoms with Gasteiger partial charge in [0.1, 0.15) is 6.04 Å². The van der Waals surface area contributed by atoms with Gasteiger partial charge < -0.3 is 11.1 Å². The van der Waals surface area contributed by atoms with Crippen LogP contribution in [0, 0.1) is 5.92 Å². The molecule has 1 heterocycles. The molecule has 5 nitrogen and oxygen atoms in total. The number of anilines is 1. The molecule has 1 amide bonds. The smallest absolute Gasteiger partial charge is 0.240 e. The molecular formula is C9H13BrN4O. The number of halogens is 1. The number of nitrogens with zero attached hydrogens (tertiary/aromatic N) is 2. The van der Waals surface area contributed by atoms with Crippen molar-refractivity contribution < 1.29 is 4.79 Å². The lowest BCUT2D eigenvalue weighted by atomic mass is 10.0. The summed E-state index contributed by atoms with van der Waals surface area (Å²) in [6.07, 6.45) is 3.21. The zero-order chi connectivity index (χ0) is 11.4. The molecule has 0 aliphatic heterocycles. The van der Waals surface area contributed by atoms with Crippen molar-refractivity contribution in [3.8, 4) is 0 Å². The van der Waals surface area contributed by atoms with Gasteiger partial charge in [-0.25, -0.2) is 9.97 Å². The summed E-state index contributed by atoms with van der Waals surface area (Å²) in [7, 11) is 0. The standard InChI is InChI=1S/C9H13BrN4O/c1-5(2)7(8(11)15)14-9-12-3-6(10)4-13-9/h3-5,7H,1-2H3,(H2,11,15)(H,12,13,14). The van der Waals surface area contributed by atoms with Gasteiger partial charge in [-0.05, 0) is 21.8 Å². The van der Waals surface area contributed by atoms with E-state index in [1.165, 1.54) is 0 Å². The molecule has 0 aromatic carbocycles. The van der Waals surface area contributed by atoms with Crippen LogP contribution in [-0.4, -0.2) is 21.9 Å². The van der Waals surface area contributed by atoms with Crippen LogP contribution in [0.25, 0.3) is 0 Å². The predicted octanol–water partition coefficient (Wildman–Crippen LogP) is 1.16. The van der Waals surface area contributed by atoms with Crippen LogP contribution in [0.1, 0.15) is 13.8 Å². The van der Waals surface area contributed by atoms with Crippen molar-refractivity contribution in [2.75, 3.05) is 5.32 Å². The van der Waals surface area contributed by atoms with E-state index in [2.05, 4.69) is 31.2 Å². The first-order chi connectivity index (χ1) is 7.00. The van der Waals surface area contributed by atoms with E-state index in [-0.39, 0.29) is 5.92 Å². The maximum Gasteiger partial charge on any atom is 0.240 e. The van der Waals surface area contributed by atoms with Crippen molar-refractivity contribution in [3.63, 3.8) is 0 Å². The van der Waals surface area contributed by atoms with Gasteiger partial charge in [-0.3, -0.25) is 4.79 Å². The van der Waals surface area contributed by atoms with E-state index in [0.717, 1.165) is 4.47 Å². The second-order valence-electron chi connectivity index (χ2n) is 3.49. The molecule has 0 radical (unpaired) electrons. The second-order valence-corrected chi connectivity index (χ2v) is 4.41. The van der Waals surface area contributed by atoms with Gasteiger partial charge in [0.25, 0.3) is 0 Å². The topological polar surface area (TPSA) is 80.9 Å². The Kier molecular flexibility index (Phi) is 4.02. The van der Waals surface area contributed by atoms with Gasteiger partial charge in [0.05, 0.1) is 4.47 Å². The summed E-state index contributed by atoms with van der Waals surface area (Å²) in [6.45, 7) is 3.81. The van der Waals surface area contributed by atoms with Gasteiger partial charge in [0.2, 0.25) is 11.9 Å². The van der Waals surface area contributed by atoms with E-state index in [1.807, 2.05) is 13.8 Å². The first-order valence-electron chi connectivity index (χ1n) is 4.54.